The Balaban J connectivity index is 1.76. The van der Waals surface area contributed by atoms with Gasteiger partial charge in [-0.1, -0.05) is 19.9 Å². The van der Waals surface area contributed by atoms with E-state index in [0.29, 0.717) is 18.2 Å². The number of nitrogens with zero attached hydrogens (tertiary/aromatic N) is 7. The third-order valence-electron chi connectivity index (χ3n) is 5.10. The molecule has 3 rings (SSSR count). The summed E-state index contributed by atoms with van der Waals surface area (Å²) in [4.78, 5) is 31.6. The molecule has 9 heteroatoms. The second kappa shape index (κ2) is 9.87. The fourth-order valence-corrected chi connectivity index (χ4v) is 3.60. The van der Waals surface area contributed by atoms with Gasteiger partial charge in [-0.15, -0.1) is 0 Å². The minimum Gasteiger partial charge on any atom is -0.368 e. The van der Waals surface area contributed by atoms with Crippen molar-refractivity contribution < 1.29 is 4.79 Å². The summed E-state index contributed by atoms with van der Waals surface area (Å²) in [5.41, 5.74) is 5.65. The molecule has 1 atom stereocenters. The molecular formula is C21H28N8O. The van der Waals surface area contributed by atoms with Gasteiger partial charge in [0.05, 0.1) is 6.07 Å². The van der Waals surface area contributed by atoms with Crippen molar-refractivity contribution in [1.29, 1.82) is 5.26 Å². The van der Waals surface area contributed by atoms with E-state index in [2.05, 4.69) is 30.8 Å². The van der Waals surface area contributed by atoms with Gasteiger partial charge in [-0.25, -0.2) is 9.97 Å². The van der Waals surface area contributed by atoms with E-state index in [4.69, 9.17) is 5.73 Å². The van der Waals surface area contributed by atoms with Crippen LogP contribution in [-0.4, -0.2) is 59.6 Å². The van der Waals surface area contributed by atoms with E-state index >= 15 is 0 Å². The number of piperazine rings is 1. The highest BCUT2D eigenvalue weighted by Crippen LogP contribution is 2.22. The molecule has 1 fully saturated rings. The largest absolute Gasteiger partial charge is 0.368 e. The summed E-state index contributed by atoms with van der Waals surface area (Å²) in [6, 6.07) is 9.16. The first kappa shape index (κ1) is 21.3. The van der Waals surface area contributed by atoms with Crippen LogP contribution in [0.4, 0.5) is 17.6 Å². The molecule has 3 heterocycles. The van der Waals surface area contributed by atoms with Gasteiger partial charge in [0, 0.05) is 38.6 Å². The van der Waals surface area contributed by atoms with E-state index in [9.17, 15) is 10.1 Å². The van der Waals surface area contributed by atoms with Gasteiger partial charge >= 0.3 is 0 Å². The fraction of sp³-hybridized carbons (Fsp3) is 0.476. The standard InChI is InChI=1S/C21H28N8O/c1-16(2)15-17(20(23)30)29(10-7-22)19-6-9-25-21(26-19)28-13-11-27(12-14-28)18-5-3-4-8-24-18/h3-6,8-9,16-17H,10-15H2,1-2H3,(H2,23,30)/t17-/m0/s1. The monoisotopic (exact) mass is 408 g/mol. The number of hydrogen-bond acceptors (Lipinski definition) is 8. The molecule has 1 aliphatic heterocycles. The van der Waals surface area contributed by atoms with E-state index in [1.165, 1.54) is 0 Å². The molecule has 30 heavy (non-hydrogen) atoms. The van der Waals surface area contributed by atoms with Crippen molar-refractivity contribution >= 4 is 23.5 Å². The maximum absolute atomic E-state index is 12.1. The van der Waals surface area contributed by atoms with Gasteiger partial charge in [0.25, 0.3) is 0 Å². The summed E-state index contributed by atoms with van der Waals surface area (Å²) < 4.78 is 0. The van der Waals surface area contributed by atoms with Crippen LogP contribution in [0.2, 0.25) is 0 Å². The number of aromatic nitrogens is 3. The third kappa shape index (κ3) is 5.14. The highest BCUT2D eigenvalue weighted by molar-refractivity contribution is 5.83. The van der Waals surface area contributed by atoms with Crippen LogP contribution in [0, 0.1) is 17.2 Å². The van der Waals surface area contributed by atoms with Gasteiger partial charge in [0.1, 0.15) is 24.2 Å². The molecule has 2 aromatic rings. The van der Waals surface area contributed by atoms with Gasteiger partial charge in [0.2, 0.25) is 11.9 Å². The number of carbonyl (C=O) groups is 1. The third-order valence-corrected chi connectivity index (χ3v) is 5.10. The number of pyridine rings is 1. The average Bonchev–Trinajstić information content (AvgIpc) is 2.76. The Bertz CT molecular complexity index is 874. The summed E-state index contributed by atoms with van der Waals surface area (Å²) in [6.45, 7) is 7.20. The Morgan fingerprint density at radius 1 is 1.17 bits per heavy atom. The Labute approximate surface area is 177 Å². The van der Waals surface area contributed by atoms with Crippen molar-refractivity contribution in [2.45, 2.75) is 26.3 Å². The zero-order valence-electron chi connectivity index (χ0n) is 17.5. The summed E-state index contributed by atoms with van der Waals surface area (Å²) in [7, 11) is 0. The van der Waals surface area contributed by atoms with E-state index in [1.807, 2.05) is 32.0 Å². The smallest absolute Gasteiger partial charge is 0.240 e. The van der Waals surface area contributed by atoms with Gasteiger partial charge in [-0.2, -0.15) is 10.2 Å². The maximum atomic E-state index is 12.1. The predicted molar refractivity (Wildman–Crippen MR) is 116 cm³/mol. The fourth-order valence-electron chi connectivity index (χ4n) is 3.60. The number of primary amides is 1. The lowest BCUT2D eigenvalue weighted by molar-refractivity contribution is -0.119. The first-order chi connectivity index (χ1) is 14.5. The Morgan fingerprint density at radius 2 is 1.90 bits per heavy atom. The van der Waals surface area contributed by atoms with Crippen molar-refractivity contribution in [3.8, 4) is 6.07 Å². The van der Waals surface area contributed by atoms with Gasteiger partial charge in [0.15, 0.2) is 0 Å². The minimum absolute atomic E-state index is 0.0320. The number of nitrogens with two attached hydrogens (primary N) is 1. The van der Waals surface area contributed by atoms with Crippen LogP contribution in [0.25, 0.3) is 0 Å². The van der Waals surface area contributed by atoms with Crippen molar-refractivity contribution in [2.24, 2.45) is 11.7 Å². The number of nitriles is 1. The molecule has 0 unspecified atom stereocenters. The lowest BCUT2D eigenvalue weighted by Crippen LogP contribution is -2.48. The molecule has 1 amide bonds. The molecule has 1 aliphatic rings. The Hall–Kier alpha value is -3.41. The van der Waals surface area contributed by atoms with Gasteiger partial charge in [-0.3, -0.25) is 4.79 Å². The molecule has 0 aliphatic carbocycles. The molecule has 0 saturated carbocycles. The zero-order valence-corrected chi connectivity index (χ0v) is 17.5. The van der Waals surface area contributed by atoms with Crippen LogP contribution in [-0.2, 0) is 4.79 Å². The summed E-state index contributed by atoms with van der Waals surface area (Å²) >= 11 is 0. The first-order valence-corrected chi connectivity index (χ1v) is 10.2. The highest BCUT2D eigenvalue weighted by Gasteiger charge is 2.27. The molecule has 0 radical (unpaired) electrons. The second-order valence-corrected chi connectivity index (χ2v) is 7.71. The molecule has 2 aromatic heterocycles. The van der Waals surface area contributed by atoms with Crippen LogP contribution >= 0.6 is 0 Å². The molecule has 1 saturated heterocycles. The molecule has 9 nitrogen and oxygen atoms in total. The summed E-state index contributed by atoms with van der Waals surface area (Å²) in [5.74, 6) is 1.89. The maximum Gasteiger partial charge on any atom is 0.240 e. The highest BCUT2D eigenvalue weighted by atomic mass is 16.1. The van der Waals surface area contributed by atoms with E-state index in [-0.39, 0.29) is 12.5 Å². The predicted octanol–water partition coefficient (Wildman–Crippen LogP) is 1.43. The number of amides is 1. The lowest BCUT2D eigenvalue weighted by atomic mass is 10.0. The topological polar surface area (TPSA) is 115 Å². The van der Waals surface area contributed by atoms with Crippen LogP contribution in [0.3, 0.4) is 0 Å². The second-order valence-electron chi connectivity index (χ2n) is 7.71. The lowest BCUT2D eigenvalue weighted by Gasteiger charge is -2.36. The van der Waals surface area contributed by atoms with Crippen molar-refractivity contribution in [3.63, 3.8) is 0 Å². The summed E-state index contributed by atoms with van der Waals surface area (Å²) in [5, 5.41) is 9.31. The summed E-state index contributed by atoms with van der Waals surface area (Å²) in [6.07, 6.45) is 4.02. The van der Waals surface area contributed by atoms with Crippen LogP contribution in [0.5, 0.6) is 0 Å². The Kier molecular flexibility index (Phi) is 7.01. The zero-order chi connectivity index (χ0) is 21.5. The number of carbonyl (C=O) groups excluding carboxylic acids is 1. The number of anilines is 3. The van der Waals surface area contributed by atoms with E-state index in [1.54, 1.807) is 23.4 Å². The van der Waals surface area contributed by atoms with Crippen LogP contribution in [0.15, 0.2) is 36.7 Å². The SMILES string of the molecule is CC(C)C[C@@H](C(N)=O)N(CC#N)c1ccnc(N2CCN(c3ccccn3)CC2)n1. The van der Waals surface area contributed by atoms with Crippen LogP contribution < -0.4 is 20.4 Å². The molecule has 0 aromatic carbocycles. The number of hydrogen-bond donors (Lipinski definition) is 1. The van der Waals surface area contributed by atoms with Crippen LogP contribution in [0.1, 0.15) is 20.3 Å². The minimum atomic E-state index is -0.589. The first-order valence-electron chi connectivity index (χ1n) is 10.2. The van der Waals surface area contributed by atoms with Crippen molar-refractivity contribution in [1.82, 2.24) is 15.0 Å². The van der Waals surface area contributed by atoms with E-state index in [0.717, 1.165) is 32.0 Å². The molecule has 2 N–H and O–H groups in total. The van der Waals surface area contributed by atoms with Crippen molar-refractivity contribution in [3.05, 3.63) is 36.7 Å². The Morgan fingerprint density at radius 3 is 2.50 bits per heavy atom. The molecular weight excluding hydrogens is 380 g/mol. The van der Waals surface area contributed by atoms with E-state index < -0.39 is 11.9 Å². The van der Waals surface area contributed by atoms with Crippen molar-refractivity contribution in [2.75, 3.05) is 47.4 Å². The molecule has 0 spiro atoms. The normalized spacial score (nSPS) is 15.0. The average molecular weight is 409 g/mol. The quantitative estimate of drug-likeness (QED) is 0.652. The molecule has 0 bridgehead atoms. The number of rotatable bonds is 8. The van der Waals surface area contributed by atoms with Gasteiger partial charge < -0.3 is 20.4 Å². The molecule has 158 valence electrons. The van der Waals surface area contributed by atoms with Gasteiger partial charge in [-0.05, 0) is 30.5 Å².